The van der Waals surface area contributed by atoms with Crippen LogP contribution in [0.4, 0.5) is 0 Å². The third-order valence-corrected chi connectivity index (χ3v) is 4.61. The molecule has 1 aromatic carbocycles. The lowest BCUT2D eigenvalue weighted by Gasteiger charge is -2.20. The first-order valence-corrected chi connectivity index (χ1v) is 7.31. The topological polar surface area (TPSA) is 60.2 Å². The molecule has 0 aromatic heterocycles. The SMILES string of the molecule is CC(N)C1(c2cccc(S(C)(=O)=O)c2)CC1. The van der Waals surface area contributed by atoms with Crippen LogP contribution in [0, 0.1) is 0 Å². The van der Waals surface area contributed by atoms with Crippen LogP contribution in [0.15, 0.2) is 29.2 Å². The summed E-state index contributed by atoms with van der Waals surface area (Å²) in [6.45, 7) is 1.99. The van der Waals surface area contributed by atoms with Gasteiger partial charge >= 0.3 is 0 Å². The Morgan fingerprint density at radius 1 is 1.38 bits per heavy atom. The molecule has 1 fully saturated rings. The van der Waals surface area contributed by atoms with Crippen molar-refractivity contribution in [2.24, 2.45) is 5.73 Å². The summed E-state index contributed by atoms with van der Waals surface area (Å²) in [6.07, 6.45) is 3.34. The maximum absolute atomic E-state index is 11.5. The predicted octanol–water partition coefficient (Wildman–Crippen LogP) is 1.47. The summed E-state index contributed by atoms with van der Waals surface area (Å²) < 4.78 is 22.9. The van der Waals surface area contributed by atoms with Crippen molar-refractivity contribution in [3.05, 3.63) is 29.8 Å². The summed E-state index contributed by atoms with van der Waals surface area (Å²) in [4.78, 5) is 0.386. The lowest BCUT2D eigenvalue weighted by molar-refractivity contribution is 0.554. The zero-order chi connectivity index (χ0) is 12.0. The van der Waals surface area contributed by atoms with Gasteiger partial charge in [-0.1, -0.05) is 12.1 Å². The molecule has 0 amide bonds. The Bertz CT molecular complexity index is 502. The molecule has 1 atom stereocenters. The summed E-state index contributed by atoms with van der Waals surface area (Å²) in [7, 11) is -3.12. The number of nitrogens with two attached hydrogens (primary N) is 1. The fraction of sp³-hybridized carbons (Fsp3) is 0.500. The zero-order valence-corrected chi connectivity index (χ0v) is 10.4. The van der Waals surface area contributed by atoms with Gasteiger partial charge in [0.2, 0.25) is 0 Å². The molecule has 1 saturated carbocycles. The van der Waals surface area contributed by atoms with Crippen molar-refractivity contribution in [2.75, 3.05) is 6.26 Å². The molecule has 0 spiro atoms. The highest BCUT2D eigenvalue weighted by atomic mass is 32.2. The van der Waals surface area contributed by atoms with Crippen molar-refractivity contribution in [2.45, 2.75) is 36.1 Å². The van der Waals surface area contributed by atoms with Gasteiger partial charge in [0.25, 0.3) is 0 Å². The van der Waals surface area contributed by atoms with Crippen LogP contribution >= 0.6 is 0 Å². The molecule has 2 rings (SSSR count). The zero-order valence-electron chi connectivity index (χ0n) is 9.60. The molecule has 0 heterocycles. The van der Waals surface area contributed by atoms with E-state index in [9.17, 15) is 8.42 Å². The third kappa shape index (κ3) is 1.87. The van der Waals surface area contributed by atoms with Crippen molar-refractivity contribution >= 4 is 9.84 Å². The minimum atomic E-state index is -3.12. The Kier molecular flexibility index (Phi) is 2.59. The number of hydrogen-bond donors (Lipinski definition) is 1. The highest BCUT2D eigenvalue weighted by molar-refractivity contribution is 7.90. The average Bonchev–Trinajstić information content (AvgIpc) is 2.97. The van der Waals surface area contributed by atoms with Gasteiger partial charge in [-0.15, -0.1) is 0 Å². The normalized spacial score (nSPS) is 20.4. The van der Waals surface area contributed by atoms with E-state index in [0.29, 0.717) is 4.90 Å². The number of benzene rings is 1. The summed E-state index contributed by atoms with van der Waals surface area (Å²) in [5.74, 6) is 0. The number of rotatable bonds is 3. The second-order valence-corrected chi connectivity index (χ2v) is 6.76. The first kappa shape index (κ1) is 11.6. The van der Waals surface area contributed by atoms with Crippen molar-refractivity contribution in [1.29, 1.82) is 0 Å². The molecule has 0 radical (unpaired) electrons. The largest absolute Gasteiger partial charge is 0.327 e. The maximum atomic E-state index is 11.5. The molecule has 0 aliphatic heterocycles. The Morgan fingerprint density at radius 2 is 2.00 bits per heavy atom. The van der Waals surface area contributed by atoms with Gasteiger partial charge < -0.3 is 5.73 Å². The molecule has 4 heteroatoms. The van der Waals surface area contributed by atoms with Crippen LogP contribution in [0.1, 0.15) is 25.3 Å². The molecule has 1 unspecified atom stereocenters. The predicted molar refractivity (Wildman–Crippen MR) is 64.1 cm³/mol. The molecule has 0 saturated heterocycles. The maximum Gasteiger partial charge on any atom is 0.175 e. The molecular weight excluding hydrogens is 222 g/mol. The van der Waals surface area contributed by atoms with Crippen LogP contribution in [-0.4, -0.2) is 20.7 Å². The summed E-state index contributed by atoms with van der Waals surface area (Å²) in [5, 5.41) is 0. The van der Waals surface area contributed by atoms with Gasteiger partial charge in [-0.2, -0.15) is 0 Å². The molecule has 1 aliphatic carbocycles. The number of hydrogen-bond acceptors (Lipinski definition) is 3. The van der Waals surface area contributed by atoms with Crippen LogP contribution in [0.5, 0.6) is 0 Å². The molecule has 0 bridgehead atoms. The second kappa shape index (κ2) is 3.57. The quantitative estimate of drug-likeness (QED) is 0.869. The average molecular weight is 239 g/mol. The Balaban J connectivity index is 2.45. The van der Waals surface area contributed by atoms with Crippen LogP contribution < -0.4 is 5.73 Å². The fourth-order valence-electron chi connectivity index (χ4n) is 2.18. The van der Waals surface area contributed by atoms with Gasteiger partial charge in [0.05, 0.1) is 4.90 Å². The van der Waals surface area contributed by atoms with E-state index in [1.165, 1.54) is 6.26 Å². The van der Waals surface area contributed by atoms with Crippen molar-refractivity contribution in [1.82, 2.24) is 0 Å². The van der Waals surface area contributed by atoms with Crippen molar-refractivity contribution in [3.8, 4) is 0 Å². The minimum absolute atomic E-state index is 0.0146. The van der Waals surface area contributed by atoms with E-state index in [0.717, 1.165) is 18.4 Å². The lowest BCUT2D eigenvalue weighted by Crippen LogP contribution is -2.31. The third-order valence-electron chi connectivity index (χ3n) is 3.50. The molecule has 1 aliphatic rings. The highest BCUT2D eigenvalue weighted by Gasteiger charge is 2.47. The van der Waals surface area contributed by atoms with Gasteiger partial charge in [0.15, 0.2) is 9.84 Å². The monoisotopic (exact) mass is 239 g/mol. The van der Waals surface area contributed by atoms with Crippen LogP contribution in [0.25, 0.3) is 0 Å². The summed E-state index contributed by atoms with van der Waals surface area (Å²) >= 11 is 0. The summed E-state index contributed by atoms with van der Waals surface area (Å²) in [6, 6.07) is 7.25. The van der Waals surface area contributed by atoms with Crippen molar-refractivity contribution < 1.29 is 8.42 Å². The summed E-state index contributed by atoms with van der Waals surface area (Å²) in [5.41, 5.74) is 7.05. The Morgan fingerprint density at radius 3 is 2.44 bits per heavy atom. The van der Waals surface area contributed by atoms with Crippen LogP contribution in [0.3, 0.4) is 0 Å². The van der Waals surface area contributed by atoms with E-state index < -0.39 is 9.84 Å². The first-order chi connectivity index (χ1) is 7.36. The second-order valence-electron chi connectivity index (χ2n) is 4.74. The lowest BCUT2D eigenvalue weighted by atomic mass is 9.90. The smallest absolute Gasteiger partial charge is 0.175 e. The molecule has 2 N–H and O–H groups in total. The minimum Gasteiger partial charge on any atom is -0.327 e. The highest BCUT2D eigenvalue weighted by Crippen LogP contribution is 2.50. The van der Waals surface area contributed by atoms with Gasteiger partial charge in [-0.25, -0.2) is 8.42 Å². The molecule has 88 valence electrons. The van der Waals surface area contributed by atoms with E-state index in [1.807, 2.05) is 13.0 Å². The van der Waals surface area contributed by atoms with E-state index >= 15 is 0 Å². The van der Waals surface area contributed by atoms with E-state index in [4.69, 9.17) is 5.73 Å². The van der Waals surface area contributed by atoms with E-state index in [1.54, 1.807) is 18.2 Å². The van der Waals surface area contributed by atoms with Crippen LogP contribution in [0.2, 0.25) is 0 Å². The molecule has 16 heavy (non-hydrogen) atoms. The first-order valence-electron chi connectivity index (χ1n) is 5.42. The van der Waals surface area contributed by atoms with Gasteiger partial charge in [-0.05, 0) is 37.5 Å². The molecular formula is C12H17NO2S. The van der Waals surface area contributed by atoms with Gasteiger partial charge in [0.1, 0.15) is 0 Å². The van der Waals surface area contributed by atoms with E-state index in [2.05, 4.69) is 0 Å². The number of sulfone groups is 1. The fourth-order valence-corrected chi connectivity index (χ4v) is 2.84. The van der Waals surface area contributed by atoms with Gasteiger partial charge in [0, 0.05) is 17.7 Å². The van der Waals surface area contributed by atoms with E-state index in [-0.39, 0.29) is 11.5 Å². The standard InChI is InChI=1S/C12H17NO2S/c1-9(13)12(6-7-12)10-4-3-5-11(8-10)16(2,14)15/h3-5,8-9H,6-7,13H2,1-2H3. The van der Waals surface area contributed by atoms with Crippen molar-refractivity contribution in [3.63, 3.8) is 0 Å². The van der Waals surface area contributed by atoms with Gasteiger partial charge in [-0.3, -0.25) is 0 Å². The van der Waals surface area contributed by atoms with Crippen LogP contribution in [-0.2, 0) is 15.3 Å². The molecule has 3 nitrogen and oxygen atoms in total. The molecule has 1 aromatic rings. The Labute approximate surface area is 96.6 Å². The Hall–Kier alpha value is -0.870.